The first-order valence-electron chi connectivity index (χ1n) is 10.2. The van der Waals surface area contributed by atoms with Gasteiger partial charge in [-0.15, -0.1) is 0 Å². The van der Waals surface area contributed by atoms with Gasteiger partial charge in [0.05, 0.1) is 0 Å². The number of hydrogen-bond donors (Lipinski definition) is 1. The summed E-state index contributed by atoms with van der Waals surface area (Å²) >= 11 is 0. The van der Waals surface area contributed by atoms with Crippen LogP contribution in [0.3, 0.4) is 0 Å². The lowest BCUT2D eigenvalue weighted by molar-refractivity contribution is -0.144. The van der Waals surface area contributed by atoms with Crippen molar-refractivity contribution in [2.75, 3.05) is 0 Å². The van der Waals surface area contributed by atoms with Gasteiger partial charge in [0, 0.05) is 24.0 Å². The van der Waals surface area contributed by atoms with Crippen molar-refractivity contribution in [3.05, 3.63) is 71.1 Å². The van der Waals surface area contributed by atoms with Crippen molar-refractivity contribution in [1.29, 1.82) is 0 Å². The summed E-state index contributed by atoms with van der Waals surface area (Å²) in [6.45, 7) is 4.14. The van der Waals surface area contributed by atoms with Crippen LogP contribution in [0, 0.1) is 0 Å². The number of aliphatic hydroxyl groups is 1. The van der Waals surface area contributed by atoms with E-state index in [0.717, 1.165) is 24.1 Å². The van der Waals surface area contributed by atoms with Gasteiger partial charge < -0.3 is 10.0 Å². The van der Waals surface area contributed by atoms with Gasteiger partial charge in [-0.25, -0.2) is 0 Å². The molecule has 1 aromatic rings. The van der Waals surface area contributed by atoms with E-state index in [1.54, 1.807) is 0 Å². The van der Waals surface area contributed by atoms with Gasteiger partial charge in [-0.3, -0.25) is 9.59 Å². The molecular formula is C24H29NO3. The summed E-state index contributed by atoms with van der Waals surface area (Å²) in [6.07, 6.45) is 12.0. The van der Waals surface area contributed by atoms with E-state index in [-0.39, 0.29) is 0 Å². The summed E-state index contributed by atoms with van der Waals surface area (Å²) in [5.41, 5.74) is 1.32. The second kappa shape index (κ2) is 8.70. The molecule has 1 heterocycles. The maximum absolute atomic E-state index is 12.7. The molecule has 1 aliphatic heterocycles. The van der Waals surface area contributed by atoms with Crippen LogP contribution in [0.5, 0.6) is 0 Å². The van der Waals surface area contributed by atoms with Crippen molar-refractivity contribution in [3.63, 3.8) is 0 Å². The van der Waals surface area contributed by atoms with Gasteiger partial charge in [0.2, 0.25) is 5.78 Å². The molecule has 0 saturated heterocycles. The van der Waals surface area contributed by atoms with Crippen LogP contribution in [-0.4, -0.2) is 27.2 Å². The highest BCUT2D eigenvalue weighted by atomic mass is 16.3. The molecule has 1 aromatic carbocycles. The Labute approximate surface area is 167 Å². The van der Waals surface area contributed by atoms with Crippen molar-refractivity contribution in [2.45, 2.75) is 64.5 Å². The van der Waals surface area contributed by atoms with Gasteiger partial charge >= 0.3 is 0 Å². The van der Waals surface area contributed by atoms with Gasteiger partial charge in [-0.05, 0) is 43.1 Å². The maximum atomic E-state index is 12.7. The highest BCUT2D eigenvalue weighted by molar-refractivity contribution is 6.25. The van der Waals surface area contributed by atoms with Crippen molar-refractivity contribution < 1.29 is 14.7 Å². The van der Waals surface area contributed by atoms with Gasteiger partial charge in [0.25, 0.3) is 0 Å². The minimum absolute atomic E-state index is 0.412. The van der Waals surface area contributed by atoms with E-state index in [2.05, 4.69) is 24.0 Å². The third-order valence-electron chi connectivity index (χ3n) is 5.47. The van der Waals surface area contributed by atoms with Gasteiger partial charge in [0.15, 0.2) is 11.4 Å². The maximum Gasteiger partial charge on any atom is 0.204 e. The fourth-order valence-corrected chi connectivity index (χ4v) is 3.67. The fraction of sp³-hybridized carbons (Fsp3) is 0.417. The van der Waals surface area contributed by atoms with E-state index in [4.69, 9.17) is 0 Å². The number of nitrogens with zero attached hydrogens (tertiary/aromatic N) is 1. The summed E-state index contributed by atoms with van der Waals surface area (Å²) in [7, 11) is 0. The number of allylic oxidation sites excluding steroid dienone is 3. The Kier molecular flexibility index (Phi) is 6.30. The number of ketones is 2. The summed E-state index contributed by atoms with van der Waals surface area (Å²) < 4.78 is 0. The highest BCUT2D eigenvalue weighted by Gasteiger charge is 2.44. The molecule has 0 amide bonds. The van der Waals surface area contributed by atoms with Crippen LogP contribution in [0.15, 0.2) is 65.5 Å². The molecule has 148 valence electrons. The van der Waals surface area contributed by atoms with E-state index >= 15 is 0 Å². The quantitative estimate of drug-likeness (QED) is 0.535. The van der Waals surface area contributed by atoms with Crippen LogP contribution in [-0.2, 0) is 16.1 Å². The molecule has 0 saturated carbocycles. The van der Waals surface area contributed by atoms with Crippen LogP contribution < -0.4 is 0 Å². The van der Waals surface area contributed by atoms with Crippen molar-refractivity contribution in [1.82, 2.24) is 4.90 Å². The van der Waals surface area contributed by atoms with E-state index in [1.807, 2.05) is 30.5 Å². The molecule has 0 spiro atoms. The number of fused-ring (bicyclic) bond motifs is 1. The largest absolute Gasteiger partial charge is 0.374 e. The number of unbranched alkanes of at least 4 members (excludes halogenated alkanes) is 4. The molecule has 0 bridgehead atoms. The smallest absolute Gasteiger partial charge is 0.204 e. The van der Waals surface area contributed by atoms with E-state index in [9.17, 15) is 14.7 Å². The van der Waals surface area contributed by atoms with E-state index < -0.39 is 17.2 Å². The Morgan fingerprint density at radius 1 is 1.00 bits per heavy atom. The van der Waals surface area contributed by atoms with Gasteiger partial charge in [-0.1, -0.05) is 62.9 Å². The Bertz CT molecular complexity index is 831. The zero-order valence-electron chi connectivity index (χ0n) is 16.8. The lowest BCUT2D eigenvalue weighted by Gasteiger charge is -2.33. The molecule has 1 atom stereocenters. The summed E-state index contributed by atoms with van der Waals surface area (Å²) in [4.78, 5) is 27.0. The predicted molar refractivity (Wildman–Crippen MR) is 110 cm³/mol. The normalized spacial score (nSPS) is 21.8. The number of carbonyl (C=O) groups is 2. The predicted octanol–water partition coefficient (Wildman–Crippen LogP) is 4.46. The molecule has 0 fully saturated rings. The molecule has 3 rings (SSSR count). The van der Waals surface area contributed by atoms with E-state index in [0.29, 0.717) is 17.7 Å². The number of hydrogen-bond acceptors (Lipinski definition) is 4. The zero-order valence-corrected chi connectivity index (χ0v) is 16.8. The molecule has 28 heavy (non-hydrogen) atoms. The van der Waals surface area contributed by atoms with Crippen LogP contribution in [0.1, 0.15) is 57.9 Å². The molecule has 2 aliphatic rings. The number of rotatable bonds is 8. The minimum Gasteiger partial charge on any atom is -0.374 e. The third-order valence-corrected chi connectivity index (χ3v) is 5.47. The van der Waals surface area contributed by atoms with Gasteiger partial charge in [0.1, 0.15) is 0 Å². The average molecular weight is 380 g/mol. The van der Waals surface area contributed by atoms with Crippen molar-refractivity contribution >= 4 is 11.6 Å². The molecule has 4 nitrogen and oxygen atoms in total. The Hall–Kier alpha value is -2.46. The van der Waals surface area contributed by atoms with Gasteiger partial charge in [-0.2, -0.15) is 0 Å². The van der Waals surface area contributed by atoms with Crippen LogP contribution in [0.25, 0.3) is 0 Å². The lowest BCUT2D eigenvalue weighted by atomic mass is 9.79. The van der Waals surface area contributed by atoms with E-state index in [1.165, 1.54) is 38.7 Å². The Balaban J connectivity index is 1.86. The standard InChI is InChI=1S/C24H29NO3/c1-3-4-5-6-10-13-20-14-19-15-22(26)24(2,28)23(27)21(19)17-25(20)16-18-11-8-7-9-12-18/h7-9,11-12,14-15,17,28H,3-6,10,13,16H2,1-2H3. The van der Waals surface area contributed by atoms with Crippen molar-refractivity contribution in [2.24, 2.45) is 0 Å². The van der Waals surface area contributed by atoms with Crippen LogP contribution in [0.2, 0.25) is 0 Å². The SMILES string of the molecule is CCCCCCCC1=CC2=CC(=O)C(C)(O)C(=O)C2=CN1Cc1ccccc1. The summed E-state index contributed by atoms with van der Waals surface area (Å²) in [5, 5.41) is 10.3. The second-order valence-corrected chi connectivity index (χ2v) is 7.82. The minimum atomic E-state index is -1.97. The first-order chi connectivity index (χ1) is 13.4. The van der Waals surface area contributed by atoms with Crippen molar-refractivity contribution in [3.8, 4) is 0 Å². The molecule has 0 radical (unpaired) electrons. The zero-order chi connectivity index (χ0) is 20.1. The second-order valence-electron chi connectivity index (χ2n) is 7.82. The first-order valence-corrected chi connectivity index (χ1v) is 10.2. The highest BCUT2D eigenvalue weighted by Crippen LogP contribution is 2.34. The Morgan fingerprint density at radius 3 is 2.43 bits per heavy atom. The molecule has 1 unspecified atom stereocenters. The lowest BCUT2D eigenvalue weighted by Crippen LogP contribution is -2.47. The molecule has 4 heteroatoms. The average Bonchev–Trinajstić information content (AvgIpc) is 2.68. The van der Waals surface area contributed by atoms with Crippen LogP contribution in [0.4, 0.5) is 0 Å². The monoisotopic (exact) mass is 379 g/mol. The molecular weight excluding hydrogens is 350 g/mol. The molecule has 0 aromatic heterocycles. The Morgan fingerprint density at radius 2 is 1.71 bits per heavy atom. The molecule has 1 aliphatic carbocycles. The van der Waals surface area contributed by atoms with Crippen LogP contribution >= 0.6 is 0 Å². The fourth-order valence-electron chi connectivity index (χ4n) is 3.67. The number of Topliss-reactive ketones (excluding diaryl/α,β-unsaturated/α-hetero) is 1. The third kappa shape index (κ3) is 4.33. The topological polar surface area (TPSA) is 57.6 Å². The summed E-state index contributed by atoms with van der Waals surface area (Å²) in [6, 6.07) is 10.1. The summed E-state index contributed by atoms with van der Waals surface area (Å²) in [5.74, 6) is -1.06. The molecule has 1 N–H and O–H groups in total. The first kappa shape index (κ1) is 20.3. The number of carbonyl (C=O) groups excluding carboxylic acids is 2. The number of benzene rings is 1.